The molecule has 0 N–H and O–H groups in total. The van der Waals surface area contributed by atoms with E-state index in [1.54, 1.807) is 24.3 Å². The monoisotopic (exact) mass is 325 g/mol. The van der Waals surface area contributed by atoms with Gasteiger partial charge < -0.3 is 4.84 Å². The summed E-state index contributed by atoms with van der Waals surface area (Å²) in [6.07, 6.45) is 1.48. The molecule has 0 fully saturated rings. The van der Waals surface area contributed by atoms with Crippen molar-refractivity contribution in [3.63, 3.8) is 0 Å². The summed E-state index contributed by atoms with van der Waals surface area (Å²) >= 11 is 3.09. The predicted octanol–water partition coefficient (Wildman–Crippen LogP) is 4.28. The summed E-state index contributed by atoms with van der Waals surface area (Å²) in [5.41, 5.74) is 1.53. The highest BCUT2D eigenvalue weighted by molar-refractivity contribution is 9.10. The Labute approximate surface area is 117 Å². The summed E-state index contributed by atoms with van der Waals surface area (Å²) in [7, 11) is 0. The third-order valence-electron chi connectivity index (χ3n) is 2.36. The van der Waals surface area contributed by atoms with Gasteiger partial charge in [0.05, 0.1) is 10.7 Å². The van der Waals surface area contributed by atoms with E-state index in [1.165, 1.54) is 24.4 Å². The second-order valence-corrected chi connectivity index (χ2v) is 4.66. The number of benzene rings is 2. The Bertz CT molecular complexity index is 584. The number of hydrogen-bond acceptors (Lipinski definition) is 2. The van der Waals surface area contributed by atoms with Gasteiger partial charge in [0.25, 0.3) is 0 Å². The summed E-state index contributed by atoms with van der Waals surface area (Å²) in [5.74, 6) is -0.618. The predicted molar refractivity (Wildman–Crippen MR) is 72.9 cm³/mol. The van der Waals surface area contributed by atoms with E-state index in [9.17, 15) is 8.78 Å². The molecule has 5 heteroatoms. The molecule has 0 aliphatic rings. The molecule has 0 saturated heterocycles. The van der Waals surface area contributed by atoms with Gasteiger partial charge in [0.1, 0.15) is 18.2 Å². The normalized spacial score (nSPS) is 10.9. The fourth-order valence-corrected chi connectivity index (χ4v) is 1.81. The maximum Gasteiger partial charge on any atom is 0.142 e. The average molecular weight is 326 g/mol. The third kappa shape index (κ3) is 4.13. The summed E-state index contributed by atoms with van der Waals surface area (Å²) in [5, 5.41) is 3.76. The molecule has 0 heterocycles. The second-order valence-electron chi connectivity index (χ2n) is 3.81. The average Bonchev–Trinajstić information content (AvgIpc) is 2.41. The van der Waals surface area contributed by atoms with E-state index in [1.807, 2.05) is 0 Å². The van der Waals surface area contributed by atoms with Crippen LogP contribution in [-0.2, 0) is 11.4 Å². The van der Waals surface area contributed by atoms with Gasteiger partial charge in [-0.3, -0.25) is 0 Å². The molecule has 0 aromatic heterocycles. The van der Waals surface area contributed by atoms with E-state index >= 15 is 0 Å². The Balaban J connectivity index is 1.89. The first-order valence-electron chi connectivity index (χ1n) is 5.50. The van der Waals surface area contributed by atoms with Crippen molar-refractivity contribution >= 4 is 22.1 Å². The Morgan fingerprint density at radius 2 is 1.84 bits per heavy atom. The molecule has 19 heavy (non-hydrogen) atoms. The van der Waals surface area contributed by atoms with Crippen LogP contribution in [0.15, 0.2) is 52.1 Å². The van der Waals surface area contributed by atoms with E-state index in [-0.39, 0.29) is 18.2 Å². The first-order chi connectivity index (χ1) is 9.15. The first-order valence-corrected chi connectivity index (χ1v) is 6.29. The quantitative estimate of drug-likeness (QED) is 0.607. The Hall–Kier alpha value is -1.75. The zero-order valence-corrected chi connectivity index (χ0v) is 11.4. The lowest BCUT2D eigenvalue weighted by atomic mass is 10.2. The molecular formula is C14H10BrF2NO. The van der Waals surface area contributed by atoms with E-state index in [0.29, 0.717) is 4.47 Å². The van der Waals surface area contributed by atoms with E-state index in [0.717, 1.165) is 11.1 Å². The number of halogens is 3. The molecular weight excluding hydrogens is 316 g/mol. The molecule has 2 nitrogen and oxygen atoms in total. The molecule has 0 bridgehead atoms. The van der Waals surface area contributed by atoms with Gasteiger partial charge in [-0.05, 0) is 51.3 Å². The number of rotatable bonds is 4. The van der Waals surface area contributed by atoms with Gasteiger partial charge in [-0.2, -0.15) is 0 Å². The van der Waals surface area contributed by atoms with E-state index < -0.39 is 0 Å². The molecule has 0 saturated carbocycles. The lowest BCUT2D eigenvalue weighted by molar-refractivity contribution is 0.132. The van der Waals surface area contributed by atoms with Crippen LogP contribution >= 0.6 is 15.9 Å². The largest absolute Gasteiger partial charge is 0.391 e. The number of hydrogen-bond donors (Lipinski definition) is 0. The van der Waals surface area contributed by atoms with Gasteiger partial charge in [-0.1, -0.05) is 23.4 Å². The second kappa shape index (κ2) is 6.43. The Morgan fingerprint density at radius 1 is 1.11 bits per heavy atom. The fraction of sp³-hybridized carbons (Fsp3) is 0.0714. The van der Waals surface area contributed by atoms with Crippen molar-refractivity contribution in [2.75, 3.05) is 0 Å². The van der Waals surface area contributed by atoms with Crippen LogP contribution in [0.3, 0.4) is 0 Å². The van der Waals surface area contributed by atoms with Gasteiger partial charge in [-0.25, -0.2) is 8.78 Å². The van der Waals surface area contributed by atoms with Crippen molar-refractivity contribution in [2.24, 2.45) is 5.16 Å². The van der Waals surface area contributed by atoms with Gasteiger partial charge in [-0.15, -0.1) is 0 Å². The highest BCUT2D eigenvalue weighted by atomic mass is 79.9. The van der Waals surface area contributed by atoms with Gasteiger partial charge in [0, 0.05) is 0 Å². The van der Waals surface area contributed by atoms with E-state index in [2.05, 4.69) is 21.1 Å². The van der Waals surface area contributed by atoms with Crippen LogP contribution in [0, 0.1) is 11.6 Å². The van der Waals surface area contributed by atoms with Crippen molar-refractivity contribution in [3.8, 4) is 0 Å². The lowest BCUT2D eigenvalue weighted by Crippen LogP contribution is -1.90. The summed E-state index contributed by atoms with van der Waals surface area (Å²) in [4.78, 5) is 5.08. The van der Waals surface area contributed by atoms with Crippen molar-refractivity contribution in [1.29, 1.82) is 0 Å². The van der Waals surface area contributed by atoms with Gasteiger partial charge in [0.2, 0.25) is 0 Å². The molecule has 2 rings (SSSR count). The molecule has 0 unspecified atom stereocenters. The summed E-state index contributed by atoms with van der Waals surface area (Å²) in [6.45, 7) is 0.233. The Kier molecular flexibility index (Phi) is 4.63. The minimum absolute atomic E-state index is 0.233. The third-order valence-corrected chi connectivity index (χ3v) is 2.97. The van der Waals surface area contributed by atoms with E-state index in [4.69, 9.17) is 4.84 Å². The van der Waals surface area contributed by atoms with Crippen molar-refractivity contribution in [3.05, 3.63) is 69.7 Å². The molecule has 98 valence electrons. The number of oxime groups is 1. The maximum atomic E-state index is 13.0. The zero-order chi connectivity index (χ0) is 13.7. The minimum atomic E-state index is -0.321. The lowest BCUT2D eigenvalue weighted by Gasteiger charge is -2.01. The van der Waals surface area contributed by atoms with Crippen molar-refractivity contribution < 1.29 is 13.6 Å². The topological polar surface area (TPSA) is 21.6 Å². The molecule has 2 aromatic rings. The van der Waals surface area contributed by atoms with Gasteiger partial charge in [0.15, 0.2) is 0 Å². The highest BCUT2D eigenvalue weighted by Gasteiger charge is 2.00. The first kappa shape index (κ1) is 13.7. The van der Waals surface area contributed by atoms with Crippen LogP contribution in [0.1, 0.15) is 11.1 Å². The Morgan fingerprint density at radius 3 is 2.53 bits per heavy atom. The smallest absolute Gasteiger partial charge is 0.142 e. The summed E-state index contributed by atoms with van der Waals surface area (Å²) in [6, 6.07) is 10.5. The molecule has 2 aromatic carbocycles. The molecule has 0 aliphatic carbocycles. The summed E-state index contributed by atoms with van der Waals surface area (Å²) < 4.78 is 26.0. The number of nitrogens with zero attached hydrogens (tertiary/aromatic N) is 1. The SMILES string of the molecule is Fc1ccc(C=NOCc2ccc(F)c(Br)c2)cc1. The maximum absolute atomic E-state index is 13.0. The molecule has 0 spiro atoms. The molecule has 0 amide bonds. The van der Waals surface area contributed by atoms with Crippen LogP contribution < -0.4 is 0 Å². The van der Waals surface area contributed by atoms with Crippen molar-refractivity contribution in [2.45, 2.75) is 6.61 Å². The molecule has 0 aliphatic heterocycles. The van der Waals surface area contributed by atoms with Gasteiger partial charge >= 0.3 is 0 Å². The fourth-order valence-electron chi connectivity index (χ4n) is 1.39. The van der Waals surface area contributed by atoms with Crippen LogP contribution in [-0.4, -0.2) is 6.21 Å². The van der Waals surface area contributed by atoms with Crippen LogP contribution in [0.5, 0.6) is 0 Å². The van der Waals surface area contributed by atoms with Crippen molar-refractivity contribution in [1.82, 2.24) is 0 Å². The standard InChI is InChI=1S/C14H10BrF2NO/c15-13-7-11(3-6-14(13)17)9-19-18-8-10-1-4-12(16)5-2-10/h1-8H,9H2. The zero-order valence-electron chi connectivity index (χ0n) is 9.82. The minimum Gasteiger partial charge on any atom is -0.391 e. The molecule has 0 atom stereocenters. The van der Waals surface area contributed by atoms with Crippen LogP contribution in [0.4, 0.5) is 8.78 Å². The highest BCUT2D eigenvalue weighted by Crippen LogP contribution is 2.17. The van der Waals surface area contributed by atoms with Crippen LogP contribution in [0.25, 0.3) is 0 Å². The molecule has 0 radical (unpaired) electrons. The van der Waals surface area contributed by atoms with Crippen LogP contribution in [0.2, 0.25) is 0 Å².